The van der Waals surface area contributed by atoms with Gasteiger partial charge in [0, 0.05) is 36.6 Å². The number of carboxylic acid groups (broad SMARTS) is 1. The lowest BCUT2D eigenvalue weighted by Crippen LogP contribution is -2.31. The highest BCUT2D eigenvalue weighted by Crippen LogP contribution is 2.40. The predicted octanol–water partition coefficient (Wildman–Crippen LogP) is 3.91. The third-order valence-corrected chi connectivity index (χ3v) is 5.53. The van der Waals surface area contributed by atoms with Crippen LogP contribution in [0.2, 0.25) is 0 Å². The first-order chi connectivity index (χ1) is 15.0. The van der Waals surface area contributed by atoms with Crippen molar-refractivity contribution >= 4 is 35.5 Å². The number of furan rings is 1. The summed E-state index contributed by atoms with van der Waals surface area (Å²) < 4.78 is 11.2. The maximum absolute atomic E-state index is 11.9. The van der Waals surface area contributed by atoms with E-state index in [1.54, 1.807) is 31.7 Å². The summed E-state index contributed by atoms with van der Waals surface area (Å²) in [5.41, 5.74) is 3.44. The van der Waals surface area contributed by atoms with Crippen LogP contribution in [0.3, 0.4) is 0 Å². The first kappa shape index (κ1) is 18.9. The number of fused-ring (bicyclic) bond motifs is 2. The van der Waals surface area contributed by atoms with Gasteiger partial charge in [0.25, 0.3) is 0 Å². The second-order valence-corrected chi connectivity index (χ2v) is 7.34. The van der Waals surface area contributed by atoms with Crippen molar-refractivity contribution < 1.29 is 24.2 Å². The van der Waals surface area contributed by atoms with Gasteiger partial charge in [-0.1, -0.05) is 6.07 Å². The van der Waals surface area contributed by atoms with Crippen molar-refractivity contribution in [3.05, 3.63) is 64.5 Å². The quantitative estimate of drug-likeness (QED) is 0.663. The first-order valence-corrected chi connectivity index (χ1v) is 9.76. The van der Waals surface area contributed by atoms with Crippen molar-refractivity contribution in [2.24, 2.45) is 4.99 Å². The number of rotatable bonds is 4. The molecule has 0 spiro atoms. The van der Waals surface area contributed by atoms with E-state index < -0.39 is 11.7 Å². The molecule has 5 rings (SSSR count). The largest absolute Gasteiger partial charge is 0.504 e. The summed E-state index contributed by atoms with van der Waals surface area (Å²) >= 11 is 0. The zero-order valence-electron chi connectivity index (χ0n) is 16.7. The Morgan fingerprint density at radius 3 is 2.97 bits per heavy atom. The van der Waals surface area contributed by atoms with Crippen LogP contribution in [-0.2, 0) is 13.0 Å². The summed E-state index contributed by atoms with van der Waals surface area (Å²) in [5.74, 6) is -0.0758. The van der Waals surface area contributed by atoms with Crippen LogP contribution >= 0.6 is 0 Å². The standard InChI is InChI=1S/C23H19N3O5/c1-30-16-5-4-14-12-26(8-6-13(14)9-16)22-19(23(28)29)20(27)18(31-22)10-15-11-25-21-17(15)3-2-7-24-21/h2-5,7,9-11,27H,6,8,12H2,1H3,(H,28,29). The van der Waals surface area contributed by atoms with Crippen molar-refractivity contribution in [2.75, 3.05) is 18.6 Å². The van der Waals surface area contributed by atoms with E-state index >= 15 is 0 Å². The van der Waals surface area contributed by atoms with Gasteiger partial charge in [-0.25, -0.2) is 14.8 Å². The van der Waals surface area contributed by atoms with Crippen molar-refractivity contribution in [2.45, 2.75) is 13.0 Å². The van der Waals surface area contributed by atoms with Gasteiger partial charge in [0.1, 0.15) is 5.75 Å². The minimum absolute atomic E-state index is 0.0751. The van der Waals surface area contributed by atoms with E-state index in [0.717, 1.165) is 22.4 Å². The third-order valence-electron chi connectivity index (χ3n) is 5.53. The fourth-order valence-electron chi connectivity index (χ4n) is 3.95. The minimum Gasteiger partial charge on any atom is -0.504 e. The van der Waals surface area contributed by atoms with Crippen LogP contribution in [0.25, 0.3) is 11.6 Å². The Morgan fingerprint density at radius 2 is 2.16 bits per heavy atom. The number of aromatic carboxylic acids is 1. The number of methoxy groups -OCH3 is 1. The number of hydrogen-bond donors (Lipinski definition) is 2. The van der Waals surface area contributed by atoms with Crippen molar-refractivity contribution in [3.63, 3.8) is 0 Å². The lowest BCUT2D eigenvalue weighted by atomic mass is 9.99. The Bertz CT molecular complexity index is 1260. The van der Waals surface area contributed by atoms with Gasteiger partial charge in [0.2, 0.25) is 5.88 Å². The van der Waals surface area contributed by atoms with Gasteiger partial charge in [-0.2, -0.15) is 0 Å². The molecule has 0 fully saturated rings. The van der Waals surface area contributed by atoms with Crippen molar-refractivity contribution in [1.29, 1.82) is 0 Å². The molecule has 0 saturated carbocycles. The summed E-state index contributed by atoms with van der Waals surface area (Å²) in [7, 11) is 1.63. The second-order valence-electron chi connectivity index (χ2n) is 7.34. The number of carbonyl (C=O) groups is 1. The molecule has 8 nitrogen and oxygen atoms in total. The third kappa shape index (κ3) is 3.22. The van der Waals surface area contributed by atoms with Crippen LogP contribution in [-0.4, -0.2) is 41.0 Å². The summed E-state index contributed by atoms with van der Waals surface area (Å²) in [5, 5.41) is 20.4. The number of ether oxygens (including phenoxy) is 1. The topological polar surface area (TPSA) is 108 Å². The van der Waals surface area contributed by atoms with Crippen LogP contribution < -0.4 is 9.64 Å². The molecule has 0 saturated heterocycles. The lowest BCUT2D eigenvalue weighted by Gasteiger charge is -2.29. The molecule has 2 aliphatic rings. The molecule has 0 aliphatic carbocycles. The van der Waals surface area contributed by atoms with Crippen LogP contribution in [0.15, 0.2) is 45.9 Å². The van der Waals surface area contributed by atoms with Crippen LogP contribution in [0.4, 0.5) is 11.7 Å². The van der Waals surface area contributed by atoms with Gasteiger partial charge in [-0.3, -0.25) is 0 Å². The Balaban J connectivity index is 1.52. The Hall–Kier alpha value is -4.07. The molecule has 0 amide bonds. The van der Waals surface area contributed by atoms with Crippen LogP contribution in [0.5, 0.6) is 11.5 Å². The van der Waals surface area contributed by atoms with E-state index in [2.05, 4.69) is 9.98 Å². The van der Waals surface area contributed by atoms with Gasteiger partial charge in [-0.05, 0) is 47.9 Å². The average Bonchev–Trinajstić information content (AvgIpc) is 3.34. The van der Waals surface area contributed by atoms with Gasteiger partial charge >= 0.3 is 5.97 Å². The molecular weight excluding hydrogens is 398 g/mol. The summed E-state index contributed by atoms with van der Waals surface area (Å²) in [6.45, 7) is 1.02. The Kier molecular flexibility index (Phi) is 4.47. The fourth-order valence-corrected chi connectivity index (χ4v) is 3.95. The number of pyridine rings is 1. The van der Waals surface area contributed by atoms with Crippen LogP contribution in [0, 0.1) is 0 Å². The van der Waals surface area contributed by atoms with Crippen molar-refractivity contribution in [3.8, 4) is 11.5 Å². The number of aliphatic imine (C=N–C) groups is 1. The molecule has 2 aromatic heterocycles. The maximum Gasteiger partial charge on any atom is 0.345 e. The highest BCUT2D eigenvalue weighted by atomic mass is 16.5. The number of benzene rings is 1. The molecule has 156 valence electrons. The predicted molar refractivity (Wildman–Crippen MR) is 115 cm³/mol. The number of anilines is 1. The van der Waals surface area contributed by atoms with Crippen LogP contribution in [0.1, 0.15) is 32.8 Å². The number of nitrogens with zero attached hydrogens (tertiary/aromatic N) is 3. The molecule has 4 heterocycles. The summed E-state index contributed by atoms with van der Waals surface area (Å²) in [6, 6.07) is 9.48. The molecular formula is C23H19N3O5. The normalized spacial score (nSPS) is 15.8. The van der Waals surface area contributed by atoms with E-state index in [1.165, 1.54) is 0 Å². The van der Waals surface area contributed by atoms with E-state index in [-0.39, 0.29) is 17.2 Å². The highest BCUT2D eigenvalue weighted by Gasteiger charge is 2.30. The van der Waals surface area contributed by atoms with Crippen molar-refractivity contribution in [1.82, 2.24) is 4.98 Å². The van der Waals surface area contributed by atoms with E-state index in [9.17, 15) is 15.0 Å². The second kappa shape index (κ2) is 7.32. The molecule has 3 aromatic rings. The lowest BCUT2D eigenvalue weighted by molar-refractivity contribution is 0.0694. The molecule has 0 radical (unpaired) electrons. The zero-order valence-corrected chi connectivity index (χ0v) is 16.7. The molecule has 0 bridgehead atoms. The van der Waals surface area contributed by atoms with Gasteiger partial charge in [0.15, 0.2) is 22.9 Å². The molecule has 2 aliphatic heterocycles. The Labute approximate surface area is 177 Å². The molecule has 1 aromatic carbocycles. The number of allylic oxidation sites excluding steroid dienone is 1. The molecule has 0 atom stereocenters. The number of aromatic nitrogens is 1. The first-order valence-electron chi connectivity index (χ1n) is 9.76. The smallest absolute Gasteiger partial charge is 0.345 e. The highest BCUT2D eigenvalue weighted by molar-refractivity contribution is 6.21. The number of carboxylic acids is 1. The van der Waals surface area contributed by atoms with E-state index in [4.69, 9.17) is 9.15 Å². The monoisotopic (exact) mass is 417 g/mol. The molecule has 0 unspecified atom stereocenters. The van der Waals surface area contributed by atoms with Gasteiger partial charge in [-0.15, -0.1) is 0 Å². The van der Waals surface area contributed by atoms with E-state index in [1.807, 2.05) is 29.2 Å². The average molecular weight is 417 g/mol. The molecule has 2 N–H and O–H groups in total. The summed E-state index contributed by atoms with van der Waals surface area (Å²) in [4.78, 5) is 22.2. The Morgan fingerprint density at radius 1 is 1.29 bits per heavy atom. The SMILES string of the molecule is COc1ccc2c(c1)CCN(c1oc(C=C3C=Nc4ncccc43)c(O)c1C(=O)O)C2. The van der Waals surface area contributed by atoms with Gasteiger partial charge in [0.05, 0.1) is 7.11 Å². The zero-order chi connectivity index (χ0) is 21.5. The molecule has 8 heteroatoms. The fraction of sp³-hybridized carbons (Fsp3) is 0.174. The van der Waals surface area contributed by atoms with E-state index in [0.29, 0.717) is 30.9 Å². The molecule has 31 heavy (non-hydrogen) atoms. The number of aromatic hydroxyl groups is 1. The number of hydrogen-bond acceptors (Lipinski definition) is 7. The van der Waals surface area contributed by atoms with Gasteiger partial charge < -0.3 is 24.3 Å². The maximum atomic E-state index is 11.9. The summed E-state index contributed by atoms with van der Waals surface area (Å²) in [6.07, 6.45) is 5.55. The minimum atomic E-state index is -1.25.